The molecule has 7 nitrogen and oxygen atoms in total. The molecule has 1 fully saturated rings. The van der Waals surface area contributed by atoms with Crippen LogP contribution < -0.4 is 5.32 Å². The van der Waals surface area contributed by atoms with Gasteiger partial charge in [-0.3, -0.25) is 9.59 Å². The first-order chi connectivity index (χ1) is 11.9. The van der Waals surface area contributed by atoms with E-state index >= 15 is 0 Å². The van der Waals surface area contributed by atoms with E-state index < -0.39 is 16.0 Å². The van der Waals surface area contributed by atoms with Gasteiger partial charge in [-0.15, -0.1) is 11.8 Å². The molecule has 0 radical (unpaired) electrons. The summed E-state index contributed by atoms with van der Waals surface area (Å²) in [7, 11) is -3.49. The minimum absolute atomic E-state index is 0.00106. The van der Waals surface area contributed by atoms with Crippen molar-refractivity contribution in [3.63, 3.8) is 0 Å². The highest BCUT2D eigenvalue weighted by atomic mass is 32.2. The second kappa shape index (κ2) is 9.21. The Labute approximate surface area is 151 Å². The Morgan fingerprint density at radius 1 is 1.12 bits per heavy atom. The van der Waals surface area contributed by atoms with Crippen molar-refractivity contribution in [1.29, 1.82) is 0 Å². The van der Waals surface area contributed by atoms with Crippen molar-refractivity contribution in [2.75, 3.05) is 31.1 Å². The Balaban J connectivity index is 1.90. The summed E-state index contributed by atoms with van der Waals surface area (Å²) < 4.78 is 26.6. The van der Waals surface area contributed by atoms with Gasteiger partial charge in [0.1, 0.15) is 0 Å². The van der Waals surface area contributed by atoms with E-state index in [9.17, 15) is 18.0 Å². The van der Waals surface area contributed by atoms with E-state index in [1.54, 1.807) is 0 Å². The smallest absolute Gasteiger partial charge is 0.313 e. The summed E-state index contributed by atoms with van der Waals surface area (Å²) in [6, 6.07) is 5.91. The summed E-state index contributed by atoms with van der Waals surface area (Å²) >= 11 is 1.22. The maximum atomic E-state index is 12.5. The lowest BCUT2D eigenvalue weighted by Gasteiger charge is -2.25. The predicted octanol–water partition coefficient (Wildman–Crippen LogP) is 1.41. The third-order valence-electron chi connectivity index (χ3n) is 3.83. The molecule has 0 saturated carbocycles. The average molecular weight is 386 g/mol. The zero-order valence-electron chi connectivity index (χ0n) is 13.8. The van der Waals surface area contributed by atoms with E-state index in [0.717, 1.165) is 19.3 Å². The molecule has 1 aliphatic heterocycles. The van der Waals surface area contributed by atoms with E-state index in [-0.39, 0.29) is 16.6 Å². The van der Waals surface area contributed by atoms with Crippen LogP contribution in [0.3, 0.4) is 0 Å². The second-order valence-corrected chi connectivity index (χ2v) is 8.73. The standard InChI is InChI=1S/C16H22N2O5S2/c19-15(20)12-24-11-8-17-16(21)13-4-6-14(7-5-13)25(22,23)18-9-2-1-3-10-18/h4-7H,1-3,8-12H2,(H,17,21)(H,19,20). The van der Waals surface area contributed by atoms with E-state index in [0.29, 0.717) is 31.0 Å². The van der Waals surface area contributed by atoms with Crippen molar-refractivity contribution in [2.45, 2.75) is 24.2 Å². The van der Waals surface area contributed by atoms with Gasteiger partial charge < -0.3 is 10.4 Å². The van der Waals surface area contributed by atoms with Gasteiger partial charge in [0.25, 0.3) is 5.91 Å². The molecular formula is C16H22N2O5S2. The van der Waals surface area contributed by atoms with Crippen LogP contribution in [0.25, 0.3) is 0 Å². The molecule has 25 heavy (non-hydrogen) atoms. The van der Waals surface area contributed by atoms with Crippen molar-refractivity contribution in [3.8, 4) is 0 Å². The van der Waals surface area contributed by atoms with Crippen LogP contribution in [0.15, 0.2) is 29.2 Å². The van der Waals surface area contributed by atoms with E-state index in [2.05, 4.69) is 5.32 Å². The van der Waals surface area contributed by atoms with Crippen LogP contribution in [-0.2, 0) is 14.8 Å². The molecule has 0 aliphatic carbocycles. The van der Waals surface area contributed by atoms with Gasteiger partial charge in [-0.25, -0.2) is 8.42 Å². The molecule has 1 aromatic rings. The van der Waals surface area contributed by atoms with Crippen LogP contribution in [0.4, 0.5) is 0 Å². The highest BCUT2D eigenvalue weighted by molar-refractivity contribution is 7.99. The number of carboxylic acids is 1. The highest BCUT2D eigenvalue weighted by Crippen LogP contribution is 2.20. The normalized spacial score (nSPS) is 15.7. The number of sulfonamides is 1. The van der Waals surface area contributed by atoms with E-state index in [1.807, 2.05) is 0 Å². The Bertz CT molecular complexity index is 698. The number of aliphatic carboxylic acids is 1. The van der Waals surface area contributed by atoms with Crippen LogP contribution in [0.2, 0.25) is 0 Å². The summed E-state index contributed by atoms with van der Waals surface area (Å²) in [4.78, 5) is 22.6. The molecule has 0 bridgehead atoms. The lowest BCUT2D eigenvalue weighted by Crippen LogP contribution is -2.35. The Kier molecular flexibility index (Phi) is 7.27. The molecule has 1 amide bonds. The number of nitrogens with zero attached hydrogens (tertiary/aromatic N) is 1. The van der Waals surface area contributed by atoms with Crippen molar-refractivity contribution >= 4 is 33.7 Å². The monoisotopic (exact) mass is 386 g/mol. The summed E-state index contributed by atoms with van der Waals surface area (Å²) in [5, 5.41) is 11.2. The maximum absolute atomic E-state index is 12.5. The van der Waals surface area contributed by atoms with E-state index in [4.69, 9.17) is 5.11 Å². The SMILES string of the molecule is O=C(O)CSCCNC(=O)c1ccc(S(=O)(=O)N2CCCCC2)cc1. The van der Waals surface area contributed by atoms with Crippen LogP contribution >= 0.6 is 11.8 Å². The molecular weight excluding hydrogens is 364 g/mol. The molecule has 2 rings (SSSR count). The molecule has 0 aromatic heterocycles. The maximum Gasteiger partial charge on any atom is 0.313 e. The van der Waals surface area contributed by atoms with Crippen LogP contribution in [0, 0.1) is 0 Å². The number of nitrogens with one attached hydrogen (secondary N) is 1. The third-order valence-corrected chi connectivity index (χ3v) is 6.68. The number of carboxylic acid groups (broad SMARTS) is 1. The van der Waals surface area contributed by atoms with Gasteiger partial charge in [0.2, 0.25) is 10.0 Å². The van der Waals surface area contributed by atoms with Crippen LogP contribution in [0.5, 0.6) is 0 Å². The average Bonchev–Trinajstić information content (AvgIpc) is 2.62. The number of carbonyl (C=O) groups is 2. The summed E-state index contributed by atoms with van der Waals surface area (Å²) in [5.41, 5.74) is 0.376. The Morgan fingerprint density at radius 2 is 1.76 bits per heavy atom. The number of hydrogen-bond acceptors (Lipinski definition) is 5. The quantitative estimate of drug-likeness (QED) is 0.655. The van der Waals surface area contributed by atoms with E-state index in [1.165, 1.54) is 40.3 Å². The highest BCUT2D eigenvalue weighted by Gasteiger charge is 2.25. The number of piperidine rings is 1. The Hall–Kier alpha value is -1.58. The largest absolute Gasteiger partial charge is 0.481 e. The number of benzene rings is 1. The zero-order valence-corrected chi connectivity index (χ0v) is 15.4. The van der Waals surface area contributed by atoms with Crippen LogP contribution in [0.1, 0.15) is 29.6 Å². The predicted molar refractivity (Wildman–Crippen MR) is 96.3 cm³/mol. The van der Waals surface area contributed by atoms with Crippen LogP contribution in [-0.4, -0.2) is 60.8 Å². The molecule has 0 spiro atoms. The molecule has 9 heteroatoms. The number of amides is 1. The summed E-state index contributed by atoms with van der Waals surface area (Å²) in [6.45, 7) is 1.43. The molecule has 0 unspecified atom stereocenters. The van der Waals surface area contributed by atoms with Gasteiger partial charge in [-0.05, 0) is 37.1 Å². The number of thioether (sulfide) groups is 1. The van der Waals surface area contributed by atoms with Crippen molar-refractivity contribution < 1.29 is 23.1 Å². The Morgan fingerprint density at radius 3 is 2.36 bits per heavy atom. The lowest BCUT2D eigenvalue weighted by molar-refractivity contribution is -0.133. The first-order valence-electron chi connectivity index (χ1n) is 8.09. The van der Waals surface area contributed by atoms with Crippen molar-refractivity contribution in [2.24, 2.45) is 0 Å². The molecule has 1 saturated heterocycles. The first-order valence-corrected chi connectivity index (χ1v) is 10.7. The summed E-state index contributed by atoms with van der Waals surface area (Å²) in [6.07, 6.45) is 2.80. The molecule has 0 atom stereocenters. The molecule has 1 heterocycles. The fourth-order valence-electron chi connectivity index (χ4n) is 2.53. The van der Waals surface area contributed by atoms with Gasteiger partial charge >= 0.3 is 5.97 Å². The lowest BCUT2D eigenvalue weighted by atomic mass is 10.2. The first kappa shape index (κ1) is 19.7. The third kappa shape index (κ3) is 5.72. The zero-order chi connectivity index (χ0) is 18.3. The minimum atomic E-state index is -3.49. The fraction of sp³-hybridized carbons (Fsp3) is 0.500. The molecule has 2 N–H and O–H groups in total. The second-order valence-electron chi connectivity index (χ2n) is 5.69. The van der Waals surface area contributed by atoms with Gasteiger partial charge in [0.15, 0.2) is 0 Å². The molecule has 138 valence electrons. The fourth-order valence-corrected chi connectivity index (χ4v) is 4.61. The molecule has 1 aliphatic rings. The number of hydrogen-bond donors (Lipinski definition) is 2. The molecule has 1 aromatic carbocycles. The van der Waals surface area contributed by atoms with Gasteiger partial charge in [-0.2, -0.15) is 4.31 Å². The number of rotatable bonds is 8. The minimum Gasteiger partial charge on any atom is -0.481 e. The number of carbonyl (C=O) groups excluding carboxylic acids is 1. The van der Waals surface area contributed by atoms with Gasteiger partial charge in [0, 0.05) is 31.0 Å². The van der Waals surface area contributed by atoms with Crippen molar-refractivity contribution in [3.05, 3.63) is 29.8 Å². The van der Waals surface area contributed by atoms with Gasteiger partial charge in [-0.1, -0.05) is 6.42 Å². The summed E-state index contributed by atoms with van der Waals surface area (Å²) in [5.74, 6) is -0.696. The van der Waals surface area contributed by atoms with Gasteiger partial charge in [0.05, 0.1) is 10.6 Å². The van der Waals surface area contributed by atoms with Crippen molar-refractivity contribution in [1.82, 2.24) is 9.62 Å². The topological polar surface area (TPSA) is 104 Å².